The second-order valence-electron chi connectivity index (χ2n) is 7.52. The first-order valence-corrected chi connectivity index (χ1v) is 8.25. The van der Waals surface area contributed by atoms with E-state index in [1.54, 1.807) is 12.1 Å². The molecule has 0 spiro atoms. The summed E-state index contributed by atoms with van der Waals surface area (Å²) in [5.41, 5.74) is -0.0318. The molecule has 138 valence electrons. The molecule has 0 saturated heterocycles. The molecular weight excluding hydrogens is 326 g/mol. The minimum Gasteiger partial charge on any atom is -0.490 e. The predicted molar refractivity (Wildman–Crippen MR) is 91.4 cm³/mol. The van der Waals surface area contributed by atoms with Gasteiger partial charge >= 0.3 is 11.7 Å². The molecule has 7 nitrogen and oxygen atoms in total. The minimum atomic E-state index is -0.490. The first-order chi connectivity index (χ1) is 11.6. The van der Waals surface area contributed by atoms with E-state index in [1.165, 1.54) is 13.2 Å². The third-order valence-electron chi connectivity index (χ3n) is 4.01. The second-order valence-corrected chi connectivity index (χ2v) is 7.52. The van der Waals surface area contributed by atoms with Crippen molar-refractivity contribution in [3.8, 4) is 5.75 Å². The topological polar surface area (TPSA) is 87.9 Å². The predicted octanol–water partition coefficient (Wildman–Crippen LogP) is 3.63. The Morgan fingerprint density at radius 2 is 2.00 bits per heavy atom. The lowest BCUT2D eigenvalue weighted by molar-refractivity contribution is -0.385. The third-order valence-corrected chi connectivity index (χ3v) is 4.01. The van der Waals surface area contributed by atoms with E-state index in [0.717, 1.165) is 12.8 Å². The highest BCUT2D eigenvalue weighted by atomic mass is 16.6. The zero-order valence-corrected chi connectivity index (χ0v) is 15.2. The van der Waals surface area contributed by atoms with Gasteiger partial charge in [-0.1, -0.05) is 6.07 Å². The van der Waals surface area contributed by atoms with Gasteiger partial charge in [-0.25, -0.2) is 0 Å². The number of carbonyl (C=O) groups excluding carboxylic acids is 1. The molecule has 0 radical (unpaired) electrons. The van der Waals surface area contributed by atoms with E-state index in [4.69, 9.17) is 14.2 Å². The number of hydrogen-bond donors (Lipinski definition) is 0. The van der Waals surface area contributed by atoms with E-state index in [-0.39, 0.29) is 29.4 Å². The molecule has 0 N–H and O–H groups in total. The zero-order chi connectivity index (χ0) is 18.7. The lowest BCUT2D eigenvalue weighted by Gasteiger charge is -2.22. The van der Waals surface area contributed by atoms with E-state index >= 15 is 0 Å². The summed E-state index contributed by atoms with van der Waals surface area (Å²) in [6.45, 7) is 6.22. The maximum atomic E-state index is 12.0. The lowest BCUT2D eigenvalue weighted by Crippen LogP contribution is -2.26. The lowest BCUT2D eigenvalue weighted by atomic mass is 10.0. The molecule has 0 aliphatic heterocycles. The summed E-state index contributed by atoms with van der Waals surface area (Å²) in [5.74, 6) is 0.00558. The summed E-state index contributed by atoms with van der Waals surface area (Å²) in [7, 11) is 1.39. The Balaban J connectivity index is 1.87. The number of benzene rings is 1. The summed E-state index contributed by atoms with van der Waals surface area (Å²) >= 11 is 0. The van der Waals surface area contributed by atoms with Crippen LogP contribution in [0.25, 0.3) is 0 Å². The van der Waals surface area contributed by atoms with Crippen molar-refractivity contribution in [2.24, 2.45) is 5.41 Å². The smallest absolute Gasteiger partial charge is 0.311 e. The van der Waals surface area contributed by atoms with Gasteiger partial charge in [-0.2, -0.15) is 0 Å². The Kier molecular flexibility index (Phi) is 5.67. The number of carbonyl (C=O) groups is 1. The van der Waals surface area contributed by atoms with Gasteiger partial charge in [0.1, 0.15) is 5.60 Å². The molecule has 1 fully saturated rings. The number of hydrogen-bond acceptors (Lipinski definition) is 6. The van der Waals surface area contributed by atoms with Gasteiger partial charge in [0.2, 0.25) is 0 Å². The SMILES string of the molecule is COc1ccc(COCC2(CC(=O)OC(C)(C)C)CC2)cc1[N+](=O)[O-]. The number of nitrogens with zero attached hydrogens (tertiary/aromatic N) is 1. The van der Waals surface area contributed by atoms with Crippen LogP contribution >= 0.6 is 0 Å². The van der Waals surface area contributed by atoms with Crippen LogP contribution < -0.4 is 4.74 Å². The Morgan fingerprint density at radius 3 is 2.52 bits per heavy atom. The van der Waals surface area contributed by atoms with Gasteiger partial charge in [0.05, 0.1) is 31.7 Å². The van der Waals surface area contributed by atoms with Crippen LogP contribution in [0.3, 0.4) is 0 Å². The van der Waals surface area contributed by atoms with Crippen LogP contribution in [0.15, 0.2) is 18.2 Å². The van der Waals surface area contributed by atoms with Crippen LogP contribution in [0.1, 0.15) is 45.6 Å². The fourth-order valence-corrected chi connectivity index (χ4v) is 2.59. The zero-order valence-electron chi connectivity index (χ0n) is 15.2. The van der Waals surface area contributed by atoms with Crippen LogP contribution in [0.2, 0.25) is 0 Å². The molecular formula is C18H25NO6. The molecule has 0 aromatic heterocycles. The molecule has 7 heteroatoms. The van der Waals surface area contributed by atoms with Gasteiger partial charge in [-0.05, 0) is 45.2 Å². The highest BCUT2D eigenvalue weighted by molar-refractivity contribution is 5.71. The number of ether oxygens (including phenoxy) is 3. The van der Waals surface area contributed by atoms with Crippen molar-refractivity contribution in [3.05, 3.63) is 33.9 Å². The average Bonchev–Trinajstić information content (AvgIpc) is 3.24. The van der Waals surface area contributed by atoms with Crippen LogP contribution in [0, 0.1) is 15.5 Å². The highest BCUT2D eigenvalue weighted by Gasteiger charge is 2.45. The molecule has 0 amide bonds. The Hall–Kier alpha value is -2.15. The fourth-order valence-electron chi connectivity index (χ4n) is 2.59. The van der Waals surface area contributed by atoms with Gasteiger partial charge in [0.25, 0.3) is 0 Å². The number of nitro groups is 1. The number of esters is 1. The highest BCUT2D eigenvalue weighted by Crippen LogP contribution is 2.49. The number of nitro benzene ring substituents is 1. The Bertz CT molecular complexity index is 645. The van der Waals surface area contributed by atoms with E-state index < -0.39 is 10.5 Å². The van der Waals surface area contributed by atoms with Crippen molar-refractivity contribution >= 4 is 11.7 Å². The van der Waals surface area contributed by atoms with Crippen molar-refractivity contribution in [1.82, 2.24) is 0 Å². The van der Waals surface area contributed by atoms with Gasteiger partial charge in [-0.3, -0.25) is 14.9 Å². The van der Waals surface area contributed by atoms with E-state index in [1.807, 2.05) is 20.8 Å². The summed E-state index contributed by atoms with van der Waals surface area (Å²) < 4.78 is 16.1. The van der Waals surface area contributed by atoms with Crippen LogP contribution in [0.4, 0.5) is 5.69 Å². The standard InChI is InChI=1S/C18H25NO6/c1-17(2,3)25-16(20)10-18(7-8-18)12-24-11-13-5-6-15(23-4)14(9-13)19(21)22/h5-6,9H,7-8,10-12H2,1-4H3. The minimum absolute atomic E-state index is 0.0847. The van der Waals surface area contributed by atoms with Crippen molar-refractivity contribution in [3.63, 3.8) is 0 Å². The molecule has 1 aliphatic carbocycles. The summed E-state index contributed by atoms with van der Waals surface area (Å²) in [6.07, 6.45) is 2.19. The van der Waals surface area contributed by atoms with Crippen molar-refractivity contribution in [2.45, 2.75) is 52.2 Å². The quantitative estimate of drug-likeness (QED) is 0.404. The number of methoxy groups -OCH3 is 1. The molecule has 2 rings (SSSR count). The summed E-state index contributed by atoms with van der Waals surface area (Å²) in [6, 6.07) is 4.75. The first kappa shape index (κ1) is 19.2. The van der Waals surface area contributed by atoms with E-state index in [2.05, 4.69) is 0 Å². The van der Waals surface area contributed by atoms with Gasteiger partial charge in [-0.15, -0.1) is 0 Å². The molecule has 0 bridgehead atoms. The third kappa shape index (κ3) is 5.70. The van der Waals surface area contributed by atoms with Crippen molar-refractivity contribution in [1.29, 1.82) is 0 Å². The molecule has 0 heterocycles. The van der Waals surface area contributed by atoms with Crippen LogP contribution in [-0.4, -0.2) is 30.2 Å². The molecule has 25 heavy (non-hydrogen) atoms. The van der Waals surface area contributed by atoms with E-state index in [0.29, 0.717) is 18.6 Å². The molecule has 1 aromatic rings. The summed E-state index contributed by atoms with van der Waals surface area (Å²) in [5, 5.41) is 11.0. The van der Waals surface area contributed by atoms with Gasteiger partial charge in [0.15, 0.2) is 5.75 Å². The Labute approximate surface area is 147 Å². The second kappa shape index (κ2) is 7.39. The van der Waals surface area contributed by atoms with Crippen molar-refractivity contribution < 1.29 is 23.9 Å². The summed E-state index contributed by atoms with van der Waals surface area (Å²) in [4.78, 5) is 22.5. The largest absolute Gasteiger partial charge is 0.490 e. The van der Waals surface area contributed by atoms with Gasteiger partial charge in [0, 0.05) is 11.5 Å². The van der Waals surface area contributed by atoms with Gasteiger partial charge < -0.3 is 14.2 Å². The average molecular weight is 351 g/mol. The maximum absolute atomic E-state index is 12.0. The first-order valence-electron chi connectivity index (χ1n) is 8.25. The normalized spacial score (nSPS) is 15.5. The van der Waals surface area contributed by atoms with Crippen molar-refractivity contribution in [2.75, 3.05) is 13.7 Å². The molecule has 0 unspecified atom stereocenters. The molecule has 1 aliphatic rings. The van der Waals surface area contributed by atoms with Crippen LogP contribution in [0.5, 0.6) is 5.75 Å². The monoisotopic (exact) mass is 351 g/mol. The van der Waals surface area contributed by atoms with E-state index in [9.17, 15) is 14.9 Å². The molecule has 1 saturated carbocycles. The Morgan fingerprint density at radius 1 is 1.32 bits per heavy atom. The maximum Gasteiger partial charge on any atom is 0.311 e. The number of rotatable bonds is 8. The molecule has 0 atom stereocenters. The fraction of sp³-hybridized carbons (Fsp3) is 0.611. The molecule has 1 aromatic carbocycles. The van der Waals surface area contributed by atoms with Crippen LogP contribution in [-0.2, 0) is 20.9 Å².